The van der Waals surface area contributed by atoms with E-state index in [1.807, 2.05) is 6.92 Å². The summed E-state index contributed by atoms with van der Waals surface area (Å²) >= 11 is 17.7. The van der Waals surface area contributed by atoms with Crippen molar-refractivity contribution >= 4 is 34.8 Å². The summed E-state index contributed by atoms with van der Waals surface area (Å²) in [7, 11) is 0. The Balaban J connectivity index is 2.71. The zero-order valence-corrected chi connectivity index (χ0v) is 11.9. The average molecular weight is 296 g/mol. The molecule has 0 aromatic heterocycles. The van der Waals surface area contributed by atoms with Crippen LogP contribution < -0.4 is 4.74 Å². The summed E-state index contributed by atoms with van der Waals surface area (Å²) in [5, 5.41) is 1.17. The molecule has 0 N–H and O–H groups in total. The Morgan fingerprint density at radius 3 is 2.29 bits per heavy atom. The van der Waals surface area contributed by atoms with Gasteiger partial charge in [0, 0.05) is 5.02 Å². The monoisotopic (exact) mass is 294 g/mol. The molecule has 1 rings (SSSR count). The first-order valence-corrected chi connectivity index (χ1v) is 6.10. The van der Waals surface area contributed by atoms with Crippen LogP contribution in [-0.4, -0.2) is 12.9 Å². The lowest BCUT2D eigenvalue weighted by molar-refractivity contribution is -0.0571. The van der Waals surface area contributed by atoms with E-state index in [1.54, 1.807) is 19.1 Å². The van der Waals surface area contributed by atoms with Crippen molar-refractivity contribution in [2.75, 3.05) is 6.61 Å². The van der Waals surface area contributed by atoms with E-state index in [9.17, 15) is 0 Å². The minimum atomic E-state index is -0.470. The van der Waals surface area contributed by atoms with Gasteiger partial charge in [-0.3, -0.25) is 0 Å². The molecule has 0 bridgehead atoms. The van der Waals surface area contributed by atoms with Gasteiger partial charge in [0.25, 0.3) is 0 Å². The number of hydrogen-bond acceptors (Lipinski definition) is 2. The highest BCUT2D eigenvalue weighted by Crippen LogP contribution is 2.36. The summed E-state index contributed by atoms with van der Waals surface area (Å²) in [5.41, 5.74) is 0.911. The van der Waals surface area contributed by atoms with Crippen LogP contribution in [0.1, 0.15) is 13.8 Å². The summed E-state index contributed by atoms with van der Waals surface area (Å²) in [5.74, 6) is 0.368. The Bertz CT molecular complexity index is 395. The van der Waals surface area contributed by atoms with Crippen molar-refractivity contribution in [2.24, 2.45) is 0 Å². The quantitative estimate of drug-likeness (QED) is 0.564. The molecule has 94 valence electrons. The van der Waals surface area contributed by atoms with E-state index in [0.717, 1.165) is 5.57 Å². The zero-order chi connectivity index (χ0) is 13.0. The van der Waals surface area contributed by atoms with Crippen LogP contribution in [-0.2, 0) is 4.74 Å². The van der Waals surface area contributed by atoms with Gasteiger partial charge >= 0.3 is 0 Å². The summed E-state index contributed by atoms with van der Waals surface area (Å²) in [6, 6.07) is 3.13. The standard InChI is InChI=1S/C12H13Cl3O2/c1-7(2)6-16-8(3)17-12-10(14)4-9(13)5-11(12)15/h4-5,8H,1,6H2,2-3H3. The first-order valence-electron chi connectivity index (χ1n) is 4.97. The van der Waals surface area contributed by atoms with E-state index in [4.69, 9.17) is 44.3 Å². The number of rotatable bonds is 5. The van der Waals surface area contributed by atoms with Gasteiger partial charge in [0.05, 0.1) is 16.7 Å². The molecule has 1 atom stereocenters. The Kier molecular flexibility index (Phi) is 5.60. The largest absolute Gasteiger partial charge is 0.462 e. The van der Waals surface area contributed by atoms with Crippen molar-refractivity contribution in [3.63, 3.8) is 0 Å². The van der Waals surface area contributed by atoms with Crippen molar-refractivity contribution < 1.29 is 9.47 Å². The number of halogens is 3. The van der Waals surface area contributed by atoms with E-state index < -0.39 is 6.29 Å². The second kappa shape index (κ2) is 6.50. The summed E-state index contributed by atoms with van der Waals surface area (Å²) < 4.78 is 10.9. The van der Waals surface area contributed by atoms with Crippen molar-refractivity contribution in [1.29, 1.82) is 0 Å². The number of ether oxygens (including phenoxy) is 2. The van der Waals surface area contributed by atoms with Crippen LogP contribution in [0.15, 0.2) is 24.3 Å². The molecule has 1 aromatic rings. The molecule has 1 aromatic carbocycles. The highest BCUT2D eigenvalue weighted by Gasteiger charge is 2.12. The van der Waals surface area contributed by atoms with Crippen LogP contribution in [0.4, 0.5) is 0 Å². The van der Waals surface area contributed by atoms with Gasteiger partial charge in [-0.2, -0.15) is 0 Å². The molecule has 0 saturated carbocycles. The van der Waals surface area contributed by atoms with Crippen molar-refractivity contribution in [1.82, 2.24) is 0 Å². The normalized spacial score (nSPS) is 12.3. The third-order valence-corrected chi connectivity index (χ3v) is 2.59. The highest BCUT2D eigenvalue weighted by atomic mass is 35.5. The van der Waals surface area contributed by atoms with Crippen molar-refractivity contribution in [3.05, 3.63) is 39.4 Å². The van der Waals surface area contributed by atoms with Crippen LogP contribution in [0.5, 0.6) is 5.75 Å². The molecular formula is C12H13Cl3O2. The summed E-state index contributed by atoms with van der Waals surface area (Å²) in [6.45, 7) is 7.78. The predicted molar refractivity (Wildman–Crippen MR) is 72.3 cm³/mol. The predicted octanol–water partition coefficient (Wildman–Crippen LogP) is 4.96. The van der Waals surface area contributed by atoms with Gasteiger partial charge in [-0.25, -0.2) is 0 Å². The molecule has 0 saturated heterocycles. The van der Waals surface area contributed by atoms with E-state index >= 15 is 0 Å². The molecule has 2 nitrogen and oxygen atoms in total. The number of benzene rings is 1. The highest BCUT2D eigenvalue weighted by molar-refractivity contribution is 6.40. The molecule has 0 amide bonds. The molecule has 0 aliphatic heterocycles. The SMILES string of the molecule is C=C(C)COC(C)Oc1c(Cl)cc(Cl)cc1Cl. The minimum Gasteiger partial charge on any atom is -0.462 e. The number of hydrogen-bond donors (Lipinski definition) is 0. The molecule has 0 aliphatic carbocycles. The van der Waals surface area contributed by atoms with Gasteiger partial charge in [-0.05, 0) is 26.0 Å². The first-order chi connectivity index (χ1) is 7.90. The van der Waals surface area contributed by atoms with E-state index in [0.29, 0.717) is 27.4 Å². The Morgan fingerprint density at radius 2 is 1.82 bits per heavy atom. The fourth-order valence-corrected chi connectivity index (χ4v) is 2.01. The Labute approximate surface area is 116 Å². The molecular weight excluding hydrogens is 282 g/mol. The lowest BCUT2D eigenvalue weighted by Crippen LogP contribution is -2.17. The van der Waals surface area contributed by atoms with Gasteiger partial charge in [0.2, 0.25) is 0 Å². The smallest absolute Gasteiger partial charge is 0.197 e. The summed E-state index contributed by atoms with van der Waals surface area (Å²) in [4.78, 5) is 0. The van der Waals surface area contributed by atoms with Gasteiger partial charge in [0.1, 0.15) is 0 Å². The molecule has 0 aliphatic rings. The maximum atomic E-state index is 5.97. The van der Waals surface area contributed by atoms with Crippen molar-refractivity contribution in [3.8, 4) is 5.75 Å². The second-order valence-electron chi connectivity index (χ2n) is 3.65. The van der Waals surface area contributed by atoms with Gasteiger partial charge in [-0.1, -0.05) is 47.0 Å². The Hall–Kier alpha value is -0.410. The lowest BCUT2D eigenvalue weighted by atomic mass is 10.3. The molecule has 0 spiro atoms. The summed E-state index contributed by atoms with van der Waals surface area (Å²) in [6.07, 6.45) is -0.470. The zero-order valence-electron chi connectivity index (χ0n) is 9.60. The minimum absolute atomic E-state index is 0.355. The molecule has 0 fully saturated rings. The lowest BCUT2D eigenvalue weighted by Gasteiger charge is -2.17. The van der Waals surface area contributed by atoms with Crippen molar-refractivity contribution in [2.45, 2.75) is 20.1 Å². The van der Waals surface area contributed by atoms with Gasteiger partial charge < -0.3 is 9.47 Å². The van der Waals surface area contributed by atoms with Gasteiger partial charge in [0.15, 0.2) is 12.0 Å². The average Bonchev–Trinajstić information content (AvgIpc) is 2.20. The van der Waals surface area contributed by atoms with Crippen LogP contribution >= 0.6 is 34.8 Å². The molecule has 0 radical (unpaired) electrons. The molecule has 1 unspecified atom stereocenters. The van der Waals surface area contributed by atoms with E-state index in [-0.39, 0.29) is 0 Å². The van der Waals surface area contributed by atoms with Crippen LogP contribution in [0.25, 0.3) is 0 Å². The van der Waals surface area contributed by atoms with E-state index in [1.165, 1.54) is 0 Å². The molecule has 0 heterocycles. The topological polar surface area (TPSA) is 18.5 Å². The maximum absolute atomic E-state index is 5.97. The van der Waals surface area contributed by atoms with E-state index in [2.05, 4.69) is 6.58 Å². The Morgan fingerprint density at radius 1 is 1.29 bits per heavy atom. The van der Waals surface area contributed by atoms with Crippen LogP contribution in [0.2, 0.25) is 15.1 Å². The van der Waals surface area contributed by atoms with Crippen LogP contribution in [0.3, 0.4) is 0 Å². The maximum Gasteiger partial charge on any atom is 0.197 e. The first kappa shape index (κ1) is 14.7. The molecule has 17 heavy (non-hydrogen) atoms. The molecule has 5 heteroatoms. The van der Waals surface area contributed by atoms with Gasteiger partial charge in [-0.15, -0.1) is 0 Å². The third-order valence-electron chi connectivity index (χ3n) is 1.81. The van der Waals surface area contributed by atoms with Crippen LogP contribution in [0, 0.1) is 0 Å². The fourth-order valence-electron chi connectivity index (χ4n) is 1.10. The second-order valence-corrected chi connectivity index (χ2v) is 4.90. The fraction of sp³-hybridized carbons (Fsp3) is 0.333. The third kappa shape index (κ3) is 4.76.